The standard InChI is InChI=1S/C14H18F4N2/c15-12-8-10(5-6-11(12)14(16,17)18)13(20-19)7-9-3-1-2-4-9/h5-6,8-9,13,20H,1-4,7,19H2. The van der Waals surface area contributed by atoms with Gasteiger partial charge in [0.2, 0.25) is 0 Å². The van der Waals surface area contributed by atoms with E-state index in [1.54, 1.807) is 0 Å². The van der Waals surface area contributed by atoms with Crippen LogP contribution in [0.1, 0.15) is 49.3 Å². The lowest BCUT2D eigenvalue weighted by atomic mass is 9.93. The summed E-state index contributed by atoms with van der Waals surface area (Å²) in [5.74, 6) is 4.72. The van der Waals surface area contributed by atoms with E-state index in [1.165, 1.54) is 18.9 Å². The van der Waals surface area contributed by atoms with E-state index in [9.17, 15) is 17.6 Å². The third kappa shape index (κ3) is 3.49. The Morgan fingerprint density at radius 3 is 2.40 bits per heavy atom. The molecule has 0 bridgehead atoms. The minimum absolute atomic E-state index is 0.310. The van der Waals surface area contributed by atoms with Gasteiger partial charge in [0.1, 0.15) is 5.82 Å². The van der Waals surface area contributed by atoms with Gasteiger partial charge in [-0.1, -0.05) is 31.7 Å². The molecule has 1 unspecified atom stereocenters. The number of hydrazine groups is 1. The van der Waals surface area contributed by atoms with Crippen LogP contribution >= 0.6 is 0 Å². The Balaban J connectivity index is 2.15. The molecule has 112 valence electrons. The molecule has 1 aliphatic rings. The molecule has 1 atom stereocenters. The van der Waals surface area contributed by atoms with Crippen molar-refractivity contribution in [3.05, 3.63) is 35.1 Å². The second-order valence-electron chi connectivity index (χ2n) is 5.34. The van der Waals surface area contributed by atoms with Gasteiger partial charge in [-0.05, 0) is 30.0 Å². The van der Waals surface area contributed by atoms with Crippen molar-refractivity contribution in [1.82, 2.24) is 5.43 Å². The normalized spacial score (nSPS) is 18.4. The second-order valence-corrected chi connectivity index (χ2v) is 5.34. The molecule has 1 saturated carbocycles. The van der Waals surface area contributed by atoms with E-state index in [-0.39, 0.29) is 6.04 Å². The lowest BCUT2D eigenvalue weighted by Crippen LogP contribution is -2.29. The van der Waals surface area contributed by atoms with Crippen molar-refractivity contribution in [2.24, 2.45) is 11.8 Å². The average Bonchev–Trinajstić information content (AvgIpc) is 2.87. The molecule has 0 radical (unpaired) electrons. The van der Waals surface area contributed by atoms with Crippen LogP contribution in [0.5, 0.6) is 0 Å². The van der Waals surface area contributed by atoms with Gasteiger partial charge in [-0.2, -0.15) is 13.2 Å². The zero-order chi connectivity index (χ0) is 14.8. The maximum atomic E-state index is 13.6. The third-order valence-electron chi connectivity index (χ3n) is 3.95. The van der Waals surface area contributed by atoms with Crippen LogP contribution in [0.4, 0.5) is 17.6 Å². The molecule has 0 spiro atoms. The predicted molar refractivity (Wildman–Crippen MR) is 68.0 cm³/mol. The fourth-order valence-electron chi connectivity index (χ4n) is 2.86. The van der Waals surface area contributed by atoms with Crippen molar-refractivity contribution in [2.45, 2.75) is 44.3 Å². The summed E-state index contributed by atoms with van der Waals surface area (Å²) in [5.41, 5.74) is 1.81. The first-order chi connectivity index (χ1) is 9.41. The first-order valence-corrected chi connectivity index (χ1v) is 6.74. The van der Waals surface area contributed by atoms with Crippen LogP contribution in [0.15, 0.2) is 18.2 Å². The zero-order valence-electron chi connectivity index (χ0n) is 11.0. The third-order valence-corrected chi connectivity index (χ3v) is 3.95. The predicted octanol–water partition coefficient (Wildman–Crippen LogP) is 3.93. The molecule has 0 heterocycles. The molecule has 20 heavy (non-hydrogen) atoms. The molecule has 1 aromatic rings. The summed E-state index contributed by atoms with van der Waals surface area (Å²) in [7, 11) is 0. The van der Waals surface area contributed by atoms with Gasteiger partial charge in [0.05, 0.1) is 5.56 Å². The highest BCUT2D eigenvalue weighted by Crippen LogP contribution is 2.35. The topological polar surface area (TPSA) is 38.0 Å². The zero-order valence-corrected chi connectivity index (χ0v) is 11.0. The Labute approximate surface area is 115 Å². The number of benzene rings is 1. The molecule has 0 amide bonds. The maximum absolute atomic E-state index is 13.6. The number of rotatable bonds is 4. The Morgan fingerprint density at radius 2 is 1.90 bits per heavy atom. The SMILES string of the molecule is NNC(CC1CCCC1)c1ccc(C(F)(F)F)c(F)c1. The Kier molecular flexibility index (Phi) is 4.65. The van der Waals surface area contributed by atoms with Gasteiger partial charge in [-0.15, -0.1) is 0 Å². The molecule has 0 saturated heterocycles. The van der Waals surface area contributed by atoms with Crippen molar-refractivity contribution >= 4 is 0 Å². The van der Waals surface area contributed by atoms with Gasteiger partial charge in [0.15, 0.2) is 0 Å². The van der Waals surface area contributed by atoms with Crippen LogP contribution in [0, 0.1) is 11.7 Å². The maximum Gasteiger partial charge on any atom is 0.419 e. The van der Waals surface area contributed by atoms with E-state index in [0.717, 1.165) is 31.4 Å². The van der Waals surface area contributed by atoms with E-state index in [1.807, 2.05) is 0 Å². The molecular weight excluding hydrogens is 272 g/mol. The number of hydrogen-bond acceptors (Lipinski definition) is 2. The van der Waals surface area contributed by atoms with Crippen LogP contribution in [-0.4, -0.2) is 0 Å². The summed E-state index contributed by atoms with van der Waals surface area (Å²) >= 11 is 0. The van der Waals surface area contributed by atoms with E-state index in [2.05, 4.69) is 5.43 Å². The molecule has 1 fully saturated rings. The molecule has 2 rings (SSSR count). The van der Waals surface area contributed by atoms with Gasteiger partial charge in [0, 0.05) is 6.04 Å². The molecule has 0 aromatic heterocycles. The fraction of sp³-hybridized carbons (Fsp3) is 0.571. The van der Waals surface area contributed by atoms with E-state index < -0.39 is 17.6 Å². The number of nitrogens with two attached hydrogens (primary N) is 1. The summed E-state index contributed by atoms with van der Waals surface area (Å²) in [6, 6.07) is 2.70. The largest absolute Gasteiger partial charge is 0.419 e. The van der Waals surface area contributed by atoms with Gasteiger partial charge >= 0.3 is 6.18 Å². The summed E-state index contributed by atoms with van der Waals surface area (Å²) in [6.07, 6.45) is 0.594. The van der Waals surface area contributed by atoms with Gasteiger partial charge < -0.3 is 0 Å². The van der Waals surface area contributed by atoms with Crippen molar-refractivity contribution in [2.75, 3.05) is 0 Å². The number of hydrogen-bond donors (Lipinski definition) is 2. The highest BCUT2D eigenvalue weighted by molar-refractivity contribution is 5.28. The fourth-order valence-corrected chi connectivity index (χ4v) is 2.86. The number of halogens is 4. The quantitative estimate of drug-likeness (QED) is 0.501. The summed E-state index contributed by atoms with van der Waals surface area (Å²) in [5, 5.41) is 0. The molecule has 1 aromatic carbocycles. The van der Waals surface area contributed by atoms with Crippen LogP contribution in [0.3, 0.4) is 0 Å². The average molecular weight is 290 g/mol. The second kappa shape index (κ2) is 6.10. The molecule has 3 N–H and O–H groups in total. The van der Waals surface area contributed by atoms with Crippen molar-refractivity contribution in [3.63, 3.8) is 0 Å². The minimum atomic E-state index is -4.67. The van der Waals surface area contributed by atoms with Crippen molar-refractivity contribution in [1.29, 1.82) is 0 Å². The Hall–Kier alpha value is -1.14. The van der Waals surface area contributed by atoms with Crippen molar-refractivity contribution in [3.8, 4) is 0 Å². The minimum Gasteiger partial charge on any atom is -0.271 e. The van der Waals surface area contributed by atoms with Crippen molar-refractivity contribution < 1.29 is 17.6 Å². The molecule has 1 aliphatic carbocycles. The lowest BCUT2D eigenvalue weighted by Gasteiger charge is -2.21. The Bertz CT molecular complexity index is 453. The molecule has 0 aliphatic heterocycles. The van der Waals surface area contributed by atoms with E-state index in [0.29, 0.717) is 11.5 Å². The van der Waals surface area contributed by atoms with Gasteiger partial charge in [-0.25, -0.2) is 4.39 Å². The molecule has 6 heteroatoms. The Morgan fingerprint density at radius 1 is 1.25 bits per heavy atom. The highest BCUT2D eigenvalue weighted by atomic mass is 19.4. The lowest BCUT2D eigenvalue weighted by molar-refractivity contribution is -0.140. The van der Waals surface area contributed by atoms with Gasteiger partial charge in [-0.3, -0.25) is 11.3 Å². The van der Waals surface area contributed by atoms with Crippen LogP contribution in [0.2, 0.25) is 0 Å². The summed E-state index contributed by atoms with van der Waals surface area (Å²) in [4.78, 5) is 0. The summed E-state index contributed by atoms with van der Waals surface area (Å²) in [6.45, 7) is 0. The van der Waals surface area contributed by atoms with Gasteiger partial charge in [0.25, 0.3) is 0 Å². The monoisotopic (exact) mass is 290 g/mol. The molecular formula is C14H18F4N2. The van der Waals surface area contributed by atoms with Crippen LogP contribution < -0.4 is 11.3 Å². The molecule has 2 nitrogen and oxygen atoms in total. The smallest absolute Gasteiger partial charge is 0.271 e. The number of alkyl halides is 3. The van der Waals surface area contributed by atoms with E-state index in [4.69, 9.17) is 5.84 Å². The first-order valence-electron chi connectivity index (χ1n) is 6.74. The highest BCUT2D eigenvalue weighted by Gasteiger charge is 2.34. The number of nitrogens with one attached hydrogen (secondary N) is 1. The first kappa shape index (κ1) is 15.3. The van der Waals surface area contributed by atoms with E-state index >= 15 is 0 Å². The summed E-state index contributed by atoms with van der Waals surface area (Å²) < 4.78 is 51.1. The van der Waals surface area contributed by atoms with Crippen LogP contribution in [0.25, 0.3) is 0 Å². The van der Waals surface area contributed by atoms with Crippen LogP contribution in [-0.2, 0) is 6.18 Å².